The molecule has 7 heteroatoms. The van der Waals surface area contributed by atoms with Crippen LogP contribution in [0.5, 0.6) is 0 Å². The molecule has 2 aliphatic rings. The molecule has 0 amide bonds. The van der Waals surface area contributed by atoms with Gasteiger partial charge in [-0.2, -0.15) is 0 Å². The van der Waals surface area contributed by atoms with Crippen LogP contribution in [0.25, 0.3) is 0 Å². The molecule has 4 rings (SSSR count). The minimum absolute atomic E-state index is 0.0452. The van der Waals surface area contributed by atoms with Crippen LogP contribution in [-0.4, -0.2) is 49.5 Å². The van der Waals surface area contributed by atoms with E-state index < -0.39 is 0 Å². The molecule has 2 aliphatic heterocycles. The normalized spacial score (nSPS) is 23.8. The van der Waals surface area contributed by atoms with Crippen LogP contribution in [0.4, 0.5) is 14.5 Å². The van der Waals surface area contributed by atoms with Gasteiger partial charge in [0.25, 0.3) is 0 Å². The number of ether oxygens (including phenoxy) is 2. The molecule has 27 heavy (non-hydrogen) atoms. The van der Waals surface area contributed by atoms with E-state index in [4.69, 9.17) is 21.1 Å². The maximum absolute atomic E-state index is 14.1. The minimum Gasteiger partial charge on any atom is -0.378 e. The average Bonchev–Trinajstić information content (AvgIpc) is 2.94. The molecule has 0 saturated carbocycles. The highest BCUT2D eigenvalue weighted by atomic mass is 35.5. The lowest BCUT2D eigenvalue weighted by atomic mass is 10.2. The Kier molecular flexibility index (Phi) is 5.59. The fourth-order valence-electron chi connectivity index (χ4n) is 3.60. The van der Waals surface area contributed by atoms with Gasteiger partial charge in [0.05, 0.1) is 36.5 Å². The first-order valence-corrected chi connectivity index (χ1v) is 9.37. The number of likely N-dealkylation sites (tertiary alicyclic amines) is 1. The van der Waals surface area contributed by atoms with Crippen LogP contribution in [-0.2, 0) is 16.0 Å². The zero-order valence-corrected chi connectivity index (χ0v) is 15.5. The Morgan fingerprint density at radius 3 is 2.44 bits per heavy atom. The van der Waals surface area contributed by atoms with Crippen molar-refractivity contribution in [3.05, 3.63) is 64.7 Å². The van der Waals surface area contributed by atoms with Crippen LogP contribution in [0.15, 0.2) is 42.5 Å². The van der Waals surface area contributed by atoms with E-state index in [0.717, 1.165) is 0 Å². The molecule has 2 heterocycles. The van der Waals surface area contributed by atoms with Crippen LogP contribution in [0.1, 0.15) is 5.56 Å². The Morgan fingerprint density at radius 1 is 1.04 bits per heavy atom. The van der Waals surface area contributed by atoms with Crippen molar-refractivity contribution in [2.75, 3.05) is 31.6 Å². The predicted octanol–water partition coefficient (Wildman–Crippen LogP) is 3.70. The molecule has 4 nitrogen and oxygen atoms in total. The van der Waals surface area contributed by atoms with Crippen LogP contribution < -0.4 is 5.32 Å². The first-order chi connectivity index (χ1) is 13.1. The molecule has 0 bridgehead atoms. The number of fused-ring (bicyclic) bond motifs is 1. The second kappa shape index (κ2) is 8.10. The minimum atomic E-state index is -0.368. The molecule has 144 valence electrons. The lowest BCUT2D eigenvalue weighted by Crippen LogP contribution is -2.31. The van der Waals surface area contributed by atoms with E-state index >= 15 is 0 Å². The Hall–Kier alpha value is -1.73. The summed E-state index contributed by atoms with van der Waals surface area (Å²) in [4.78, 5) is 2.12. The summed E-state index contributed by atoms with van der Waals surface area (Å²) >= 11 is 5.86. The number of benzene rings is 2. The van der Waals surface area contributed by atoms with Crippen molar-refractivity contribution in [3.63, 3.8) is 0 Å². The first-order valence-electron chi connectivity index (χ1n) is 8.99. The maximum atomic E-state index is 14.1. The standard InChI is InChI=1S/C20H21ClF2N2O2/c21-17-6-1-3-13(20(17)23)8-25-9-18-19(10-25)27-12-16(11-26-18)24-15-5-2-4-14(22)7-15/h1-7,16,18-19,24H,8-12H2/t18-,19-/m0/s1. The molecule has 0 unspecified atom stereocenters. The third-order valence-electron chi connectivity index (χ3n) is 4.93. The monoisotopic (exact) mass is 394 g/mol. The molecule has 2 saturated heterocycles. The molecule has 0 spiro atoms. The number of halogens is 3. The summed E-state index contributed by atoms with van der Waals surface area (Å²) in [7, 11) is 0. The van der Waals surface area contributed by atoms with Crippen LogP contribution in [0, 0.1) is 11.6 Å². The quantitative estimate of drug-likeness (QED) is 0.857. The molecule has 2 fully saturated rings. The van der Waals surface area contributed by atoms with Gasteiger partial charge in [-0.05, 0) is 24.3 Å². The fraction of sp³-hybridized carbons (Fsp3) is 0.400. The summed E-state index contributed by atoms with van der Waals surface area (Å²) in [5, 5.41) is 3.39. The van der Waals surface area contributed by atoms with E-state index in [1.54, 1.807) is 24.3 Å². The molecule has 0 aliphatic carbocycles. The summed E-state index contributed by atoms with van der Waals surface area (Å²) in [5.74, 6) is -0.649. The van der Waals surface area contributed by atoms with Gasteiger partial charge in [-0.1, -0.05) is 29.8 Å². The summed E-state index contributed by atoms with van der Waals surface area (Å²) < 4.78 is 39.5. The zero-order chi connectivity index (χ0) is 18.8. The largest absolute Gasteiger partial charge is 0.378 e. The van der Waals surface area contributed by atoms with Gasteiger partial charge in [0, 0.05) is 30.9 Å². The van der Waals surface area contributed by atoms with E-state index in [0.29, 0.717) is 44.1 Å². The van der Waals surface area contributed by atoms with E-state index in [2.05, 4.69) is 10.2 Å². The topological polar surface area (TPSA) is 33.7 Å². The highest BCUT2D eigenvalue weighted by molar-refractivity contribution is 6.30. The third-order valence-corrected chi connectivity index (χ3v) is 5.23. The number of anilines is 1. The van der Waals surface area contributed by atoms with Crippen LogP contribution in [0.2, 0.25) is 5.02 Å². The molecule has 1 N–H and O–H groups in total. The van der Waals surface area contributed by atoms with Gasteiger partial charge in [0.2, 0.25) is 0 Å². The van der Waals surface area contributed by atoms with Crippen LogP contribution >= 0.6 is 11.6 Å². The maximum Gasteiger partial charge on any atom is 0.146 e. The fourth-order valence-corrected chi connectivity index (χ4v) is 3.80. The van der Waals surface area contributed by atoms with Crippen molar-refractivity contribution in [2.24, 2.45) is 0 Å². The second-order valence-electron chi connectivity index (χ2n) is 7.00. The Morgan fingerprint density at radius 2 is 1.74 bits per heavy atom. The SMILES string of the molecule is Fc1cccc(NC2CO[C@H]3CN(Cc4cccc(Cl)c4F)C[C@@H]3OC2)c1. The summed E-state index contributed by atoms with van der Waals surface area (Å²) in [6, 6.07) is 11.3. The van der Waals surface area contributed by atoms with Crippen molar-refractivity contribution in [3.8, 4) is 0 Å². The summed E-state index contributed by atoms with van der Waals surface area (Å²) in [6.45, 7) is 2.75. The molecule has 2 aromatic rings. The molecular formula is C20H21ClF2N2O2. The number of nitrogens with one attached hydrogen (secondary N) is 1. The van der Waals surface area contributed by atoms with Crippen molar-refractivity contribution in [1.29, 1.82) is 0 Å². The summed E-state index contributed by atoms with van der Waals surface area (Å²) in [6.07, 6.45) is -0.127. The number of rotatable bonds is 4. The van der Waals surface area contributed by atoms with Crippen molar-refractivity contribution >= 4 is 17.3 Å². The molecule has 2 atom stereocenters. The van der Waals surface area contributed by atoms with Gasteiger partial charge in [-0.25, -0.2) is 8.78 Å². The molecule has 2 aromatic carbocycles. The van der Waals surface area contributed by atoms with Gasteiger partial charge in [-0.3, -0.25) is 4.90 Å². The second-order valence-corrected chi connectivity index (χ2v) is 7.41. The first kappa shape index (κ1) is 18.6. The highest BCUT2D eigenvalue weighted by Gasteiger charge is 2.37. The van der Waals surface area contributed by atoms with Crippen molar-refractivity contribution < 1.29 is 18.3 Å². The molecule has 0 radical (unpaired) electrons. The Labute approximate surface area is 162 Å². The van der Waals surface area contributed by atoms with Crippen LogP contribution in [0.3, 0.4) is 0 Å². The van der Waals surface area contributed by atoms with E-state index in [9.17, 15) is 8.78 Å². The van der Waals surface area contributed by atoms with Crippen molar-refractivity contribution in [1.82, 2.24) is 4.90 Å². The smallest absolute Gasteiger partial charge is 0.146 e. The predicted molar refractivity (Wildman–Crippen MR) is 100.0 cm³/mol. The van der Waals surface area contributed by atoms with E-state index in [1.807, 2.05) is 6.07 Å². The summed E-state index contributed by atoms with van der Waals surface area (Å²) in [5.41, 5.74) is 1.28. The van der Waals surface area contributed by atoms with Gasteiger partial charge in [0.15, 0.2) is 0 Å². The zero-order valence-electron chi connectivity index (χ0n) is 14.7. The Balaban J connectivity index is 1.33. The highest BCUT2D eigenvalue weighted by Crippen LogP contribution is 2.25. The van der Waals surface area contributed by atoms with Gasteiger partial charge >= 0.3 is 0 Å². The molecular weight excluding hydrogens is 374 g/mol. The lowest BCUT2D eigenvalue weighted by molar-refractivity contribution is -0.00461. The Bertz CT molecular complexity index is 791. The van der Waals surface area contributed by atoms with Gasteiger partial charge in [-0.15, -0.1) is 0 Å². The van der Waals surface area contributed by atoms with Crippen molar-refractivity contribution in [2.45, 2.75) is 24.8 Å². The van der Waals surface area contributed by atoms with Gasteiger partial charge < -0.3 is 14.8 Å². The lowest BCUT2D eigenvalue weighted by Gasteiger charge is -2.20. The van der Waals surface area contributed by atoms with Gasteiger partial charge in [0.1, 0.15) is 11.6 Å². The third kappa shape index (κ3) is 4.41. The van der Waals surface area contributed by atoms with E-state index in [-0.39, 0.29) is 34.9 Å². The van der Waals surface area contributed by atoms with E-state index in [1.165, 1.54) is 12.1 Å². The molecule has 0 aromatic heterocycles. The number of hydrogen-bond donors (Lipinski definition) is 1. The number of nitrogens with zero attached hydrogens (tertiary/aromatic N) is 1. The number of hydrogen-bond acceptors (Lipinski definition) is 4. The average molecular weight is 395 g/mol.